The van der Waals surface area contributed by atoms with Gasteiger partial charge in [0.15, 0.2) is 0 Å². The minimum Gasteiger partial charge on any atom is -0.465 e. The molecule has 5 heteroatoms. The molecule has 3 rings (SSSR count). The van der Waals surface area contributed by atoms with Crippen LogP contribution in [0, 0.1) is 0 Å². The van der Waals surface area contributed by atoms with Crippen LogP contribution in [0.25, 0.3) is 0 Å². The number of methoxy groups -OCH3 is 1. The maximum absolute atomic E-state index is 13.1. The second kappa shape index (κ2) is 7.28. The summed E-state index contributed by atoms with van der Waals surface area (Å²) < 4.78 is 4.68. The van der Waals surface area contributed by atoms with Gasteiger partial charge < -0.3 is 10.1 Å². The van der Waals surface area contributed by atoms with Crippen molar-refractivity contribution < 1.29 is 14.3 Å². The molecule has 1 aliphatic carbocycles. The number of rotatable bonds is 4. The number of carbonyl (C=O) groups is 2. The third-order valence-corrected chi connectivity index (χ3v) is 5.10. The monoisotopic (exact) mass is 357 g/mol. The van der Waals surface area contributed by atoms with E-state index in [0.717, 1.165) is 31.2 Å². The van der Waals surface area contributed by atoms with Gasteiger partial charge in [0, 0.05) is 10.7 Å². The van der Waals surface area contributed by atoms with E-state index >= 15 is 0 Å². The van der Waals surface area contributed by atoms with Crippen molar-refractivity contribution in [3.8, 4) is 0 Å². The maximum atomic E-state index is 13.1. The summed E-state index contributed by atoms with van der Waals surface area (Å²) in [6.07, 6.45) is 3.69. The van der Waals surface area contributed by atoms with E-state index in [4.69, 9.17) is 11.6 Å². The normalized spacial score (nSPS) is 15.6. The van der Waals surface area contributed by atoms with Gasteiger partial charge in [0.2, 0.25) is 5.91 Å². The first kappa shape index (κ1) is 17.5. The molecule has 0 heterocycles. The van der Waals surface area contributed by atoms with Crippen LogP contribution >= 0.6 is 11.6 Å². The molecule has 0 aliphatic heterocycles. The van der Waals surface area contributed by atoms with Crippen LogP contribution in [0.1, 0.15) is 41.6 Å². The Hall–Kier alpha value is -2.33. The summed E-state index contributed by atoms with van der Waals surface area (Å²) in [4.78, 5) is 24.6. The number of ether oxygens (including phenoxy) is 1. The molecule has 130 valence electrons. The van der Waals surface area contributed by atoms with Crippen LogP contribution in [0.2, 0.25) is 5.02 Å². The highest BCUT2D eigenvalue weighted by atomic mass is 35.5. The van der Waals surface area contributed by atoms with Gasteiger partial charge in [-0.05, 0) is 54.8 Å². The maximum Gasteiger partial charge on any atom is 0.337 e. The van der Waals surface area contributed by atoms with E-state index in [1.165, 1.54) is 7.11 Å². The van der Waals surface area contributed by atoms with E-state index in [0.29, 0.717) is 16.3 Å². The average molecular weight is 358 g/mol. The molecule has 4 nitrogen and oxygen atoms in total. The Labute approximate surface area is 152 Å². The quantitative estimate of drug-likeness (QED) is 0.815. The van der Waals surface area contributed by atoms with Gasteiger partial charge in [-0.1, -0.05) is 36.6 Å². The Morgan fingerprint density at radius 3 is 2.16 bits per heavy atom. The van der Waals surface area contributed by atoms with Crippen LogP contribution in [0.5, 0.6) is 0 Å². The van der Waals surface area contributed by atoms with Crippen molar-refractivity contribution in [2.45, 2.75) is 31.1 Å². The summed E-state index contributed by atoms with van der Waals surface area (Å²) in [5.41, 5.74) is 1.59. The molecular formula is C20H20ClNO3. The van der Waals surface area contributed by atoms with Crippen LogP contribution in [-0.2, 0) is 14.9 Å². The van der Waals surface area contributed by atoms with Gasteiger partial charge in [-0.2, -0.15) is 0 Å². The minimum atomic E-state index is -0.522. The topological polar surface area (TPSA) is 55.4 Å². The van der Waals surface area contributed by atoms with Crippen molar-refractivity contribution in [3.63, 3.8) is 0 Å². The molecule has 1 aliphatic rings. The first-order valence-electron chi connectivity index (χ1n) is 8.31. The van der Waals surface area contributed by atoms with Gasteiger partial charge in [0.05, 0.1) is 18.1 Å². The lowest BCUT2D eigenvalue weighted by atomic mass is 9.78. The third kappa shape index (κ3) is 3.54. The fourth-order valence-electron chi connectivity index (χ4n) is 3.45. The number of hydrogen-bond acceptors (Lipinski definition) is 3. The van der Waals surface area contributed by atoms with Crippen LogP contribution in [0.15, 0.2) is 48.5 Å². The molecule has 0 spiro atoms. The fourth-order valence-corrected chi connectivity index (χ4v) is 3.58. The van der Waals surface area contributed by atoms with Crippen molar-refractivity contribution in [3.05, 3.63) is 64.7 Å². The van der Waals surface area contributed by atoms with Gasteiger partial charge in [0.1, 0.15) is 0 Å². The predicted molar refractivity (Wildman–Crippen MR) is 98.0 cm³/mol. The SMILES string of the molecule is COC(=O)c1ccc(NC(=O)C2(c3ccc(Cl)cc3)CCCC2)cc1. The fraction of sp³-hybridized carbons (Fsp3) is 0.300. The second-order valence-electron chi connectivity index (χ2n) is 6.32. The highest BCUT2D eigenvalue weighted by Gasteiger charge is 2.42. The number of halogens is 1. The number of hydrogen-bond donors (Lipinski definition) is 1. The molecule has 1 saturated carbocycles. The van der Waals surface area contributed by atoms with E-state index < -0.39 is 11.4 Å². The molecule has 1 amide bonds. The van der Waals surface area contributed by atoms with Crippen LogP contribution < -0.4 is 5.32 Å². The first-order valence-corrected chi connectivity index (χ1v) is 8.69. The molecule has 25 heavy (non-hydrogen) atoms. The molecule has 0 unspecified atom stereocenters. The molecular weight excluding hydrogens is 338 g/mol. The Morgan fingerprint density at radius 1 is 1.00 bits per heavy atom. The van der Waals surface area contributed by atoms with Crippen LogP contribution in [0.4, 0.5) is 5.69 Å². The molecule has 0 aromatic heterocycles. The Bertz CT molecular complexity index is 763. The Morgan fingerprint density at radius 2 is 1.60 bits per heavy atom. The highest BCUT2D eigenvalue weighted by molar-refractivity contribution is 6.30. The number of anilines is 1. The van der Waals surface area contributed by atoms with Gasteiger partial charge in [-0.3, -0.25) is 4.79 Å². The molecule has 1 N–H and O–H groups in total. The number of esters is 1. The second-order valence-corrected chi connectivity index (χ2v) is 6.76. The van der Waals surface area contributed by atoms with E-state index in [1.54, 1.807) is 24.3 Å². The van der Waals surface area contributed by atoms with Gasteiger partial charge in [0.25, 0.3) is 0 Å². The number of benzene rings is 2. The molecule has 0 atom stereocenters. The molecule has 2 aromatic rings. The van der Waals surface area contributed by atoms with Gasteiger partial charge >= 0.3 is 5.97 Å². The zero-order chi connectivity index (χ0) is 17.9. The third-order valence-electron chi connectivity index (χ3n) is 4.85. The summed E-state index contributed by atoms with van der Waals surface area (Å²) in [5.74, 6) is -0.413. The molecule has 0 radical (unpaired) electrons. The molecule has 1 fully saturated rings. The van der Waals surface area contributed by atoms with Gasteiger partial charge in [-0.15, -0.1) is 0 Å². The Kier molecular flexibility index (Phi) is 5.09. The van der Waals surface area contributed by atoms with Crippen molar-refractivity contribution in [1.82, 2.24) is 0 Å². The zero-order valence-electron chi connectivity index (χ0n) is 14.0. The Balaban J connectivity index is 1.82. The van der Waals surface area contributed by atoms with E-state index in [2.05, 4.69) is 10.1 Å². The van der Waals surface area contributed by atoms with Crippen molar-refractivity contribution in [2.24, 2.45) is 0 Å². The van der Waals surface area contributed by atoms with Crippen molar-refractivity contribution in [1.29, 1.82) is 0 Å². The molecule has 0 saturated heterocycles. The molecule has 2 aromatic carbocycles. The van der Waals surface area contributed by atoms with E-state index in [1.807, 2.05) is 24.3 Å². The number of carbonyl (C=O) groups excluding carboxylic acids is 2. The summed E-state index contributed by atoms with van der Waals surface area (Å²) in [6.45, 7) is 0. The summed E-state index contributed by atoms with van der Waals surface area (Å²) in [5, 5.41) is 3.66. The van der Waals surface area contributed by atoms with Crippen molar-refractivity contribution >= 4 is 29.2 Å². The predicted octanol–water partition coefficient (Wildman–Crippen LogP) is 4.58. The van der Waals surface area contributed by atoms with Gasteiger partial charge in [-0.25, -0.2) is 4.79 Å². The summed E-state index contributed by atoms with van der Waals surface area (Å²) in [6, 6.07) is 14.3. The van der Waals surface area contributed by atoms with Crippen LogP contribution in [-0.4, -0.2) is 19.0 Å². The first-order chi connectivity index (χ1) is 12.0. The standard InChI is InChI=1S/C20H20ClNO3/c1-25-18(23)14-4-10-17(11-5-14)22-19(24)20(12-2-3-13-20)15-6-8-16(21)9-7-15/h4-11H,2-3,12-13H2,1H3,(H,22,24). The highest BCUT2D eigenvalue weighted by Crippen LogP contribution is 2.42. The summed E-state index contributed by atoms with van der Waals surface area (Å²) >= 11 is 5.99. The lowest BCUT2D eigenvalue weighted by Crippen LogP contribution is -2.37. The smallest absolute Gasteiger partial charge is 0.337 e. The lowest BCUT2D eigenvalue weighted by molar-refractivity contribution is -0.121. The average Bonchev–Trinajstić information content (AvgIpc) is 3.13. The lowest BCUT2D eigenvalue weighted by Gasteiger charge is -2.28. The number of amides is 1. The van der Waals surface area contributed by atoms with Crippen molar-refractivity contribution in [2.75, 3.05) is 12.4 Å². The molecule has 0 bridgehead atoms. The number of nitrogens with one attached hydrogen (secondary N) is 1. The minimum absolute atomic E-state index is 0.0156. The largest absolute Gasteiger partial charge is 0.465 e. The van der Waals surface area contributed by atoms with E-state index in [9.17, 15) is 9.59 Å². The van der Waals surface area contributed by atoms with E-state index in [-0.39, 0.29) is 5.91 Å². The zero-order valence-corrected chi connectivity index (χ0v) is 14.8. The van der Waals surface area contributed by atoms with Crippen LogP contribution in [0.3, 0.4) is 0 Å². The summed E-state index contributed by atoms with van der Waals surface area (Å²) in [7, 11) is 1.34.